The van der Waals surface area contributed by atoms with Crippen LogP contribution in [-0.2, 0) is 4.74 Å². The number of aryl methyl sites for hydroxylation is 1. The van der Waals surface area contributed by atoms with E-state index >= 15 is 0 Å². The Hall–Kier alpha value is -0.740. The van der Waals surface area contributed by atoms with Gasteiger partial charge < -0.3 is 9.72 Å². The number of ether oxygens (including phenoxy) is 1. The zero-order valence-electron chi connectivity index (χ0n) is 12.2. The number of aromatic nitrogens is 2. The van der Waals surface area contributed by atoms with Crippen molar-refractivity contribution in [2.75, 3.05) is 6.61 Å². The molecule has 1 aromatic rings. The number of aromatic amines is 1. The molecule has 18 heavy (non-hydrogen) atoms. The van der Waals surface area contributed by atoms with Crippen molar-refractivity contribution in [2.24, 2.45) is 5.92 Å². The summed E-state index contributed by atoms with van der Waals surface area (Å²) in [4.78, 5) is 7.89. The molecule has 0 fully saturated rings. The third kappa shape index (κ3) is 3.39. The number of hydrogen-bond donors (Lipinski definition) is 1. The highest BCUT2D eigenvalue weighted by Crippen LogP contribution is 2.25. The van der Waals surface area contributed by atoms with Crippen molar-refractivity contribution in [2.45, 2.75) is 53.6 Å². The first-order chi connectivity index (χ1) is 8.38. The van der Waals surface area contributed by atoms with E-state index in [0.717, 1.165) is 17.1 Å². The Morgan fingerprint density at radius 2 is 1.89 bits per heavy atom. The zero-order chi connectivity index (χ0) is 13.9. The Balaban J connectivity index is 3.23. The largest absolute Gasteiger partial charge is 0.370 e. The summed E-state index contributed by atoms with van der Waals surface area (Å²) < 4.78 is 6.46. The Kier molecular flexibility index (Phi) is 5.47. The number of H-pyrrole nitrogens is 1. The first-order valence-corrected chi connectivity index (χ1v) is 7.01. The normalized spacial score (nSPS) is 13.3. The average Bonchev–Trinajstić information content (AvgIpc) is 2.23. The van der Waals surface area contributed by atoms with Crippen molar-refractivity contribution in [1.29, 1.82) is 0 Å². The van der Waals surface area contributed by atoms with Crippen LogP contribution in [0.1, 0.15) is 63.7 Å². The van der Waals surface area contributed by atoms with Crippen molar-refractivity contribution in [1.82, 2.24) is 9.97 Å². The van der Waals surface area contributed by atoms with E-state index in [9.17, 15) is 0 Å². The molecule has 1 heterocycles. The van der Waals surface area contributed by atoms with E-state index in [1.807, 2.05) is 6.92 Å². The lowest BCUT2D eigenvalue weighted by Crippen LogP contribution is -2.16. The monoisotopic (exact) mass is 268 g/mol. The predicted octanol–water partition coefficient (Wildman–Crippen LogP) is 4.30. The molecule has 4 heteroatoms. The van der Waals surface area contributed by atoms with Crippen LogP contribution in [-0.4, -0.2) is 16.6 Å². The van der Waals surface area contributed by atoms with Crippen molar-refractivity contribution in [3.8, 4) is 0 Å². The summed E-state index contributed by atoms with van der Waals surface area (Å²) >= 11 is 5.41. The highest BCUT2D eigenvalue weighted by molar-refractivity contribution is 7.71. The lowest BCUT2D eigenvalue weighted by Gasteiger charge is -2.21. The predicted molar refractivity (Wildman–Crippen MR) is 77.5 cm³/mol. The van der Waals surface area contributed by atoms with Crippen LogP contribution in [0.3, 0.4) is 0 Å². The molecule has 0 aliphatic heterocycles. The summed E-state index contributed by atoms with van der Waals surface area (Å²) in [5.41, 5.74) is 2.23. The average molecular weight is 268 g/mol. The van der Waals surface area contributed by atoms with Crippen LogP contribution >= 0.6 is 12.2 Å². The molecule has 0 aromatic carbocycles. The SMILES string of the molecule is CCOC(c1nc(=S)c(C(C)C)c(C)[nH]1)C(C)C. The van der Waals surface area contributed by atoms with Gasteiger partial charge in [0.1, 0.15) is 16.6 Å². The van der Waals surface area contributed by atoms with E-state index in [4.69, 9.17) is 17.0 Å². The smallest absolute Gasteiger partial charge is 0.137 e. The van der Waals surface area contributed by atoms with Crippen LogP contribution in [0.5, 0.6) is 0 Å². The molecule has 0 aliphatic carbocycles. The lowest BCUT2D eigenvalue weighted by atomic mass is 10.0. The van der Waals surface area contributed by atoms with E-state index in [0.29, 0.717) is 23.1 Å². The van der Waals surface area contributed by atoms with Crippen molar-refractivity contribution < 1.29 is 4.74 Å². The third-order valence-corrected chi connectivity index (χ3v) is 3.28. The minimum atomic E-state index is -0.0170. The van der Waals surface area contributed by atoms with Gasteiger partial charge in [-0.25, -0.2) is 4.98 Å². The fourth-order valence-electron chi connectivity index (χ4n) is 2.20. The third-order valence-electron chi connectivity index (χ3n) is 2.97. The molecule has 1 aromatic heterocycles. The summed E-state index contributed by atoms with van der Waals surface area (Å²) in [6, 6.07) is 0. The van der Waals surface area contributed by atoms with Gasteiger partial charge in [-0.2, -0.15) is 0 Å². The molecule has 1 rings (SSSR count). The van der Waals surface area contributed by atoms with Gasteiger partial charge in [0.05, 0.1) is 0 Å². The van der Waals surface area contributed by atoms with Crippen molar-refractivity contribution >= 4 is 12.2 Å². The van der Waals surface area contributed by atoms with Crippen LogP contribution in [0.2, 0.25) is 0 Å². The zero-order valence-corrected chi connectivity index (χ0v) is 13.0. The summed E-state index contributed by atoms with van der Waals surface area (Å²) in [7, 11) is 0. The molecule has 0 saturated carbocycles. The van der Waals surface area contributed by atoms with E-state index in [2.05, 4.69) is 44.6 Å². The van der Waals surface area contributed by atoms with Gasteiger partial charge in [0, 0.05) is 17.9 Å². The summed E-state index contributed by atoms with van der Waals surface area (Å²) in [6.45, 7) is 13.3. The van der Waals surface area contributed by atoms with Crippen LogP contribution < -0.4 is 0 Å². The summed E-state index contributed by atoms with van der Waals surface area (Å²) in [6.07, 6.45) is -0.0170. The molecule has 0 spiro atoms. The summed E-state index contributed by atoms with van der Waals surface area (Å²) in [5, 5.41) is 0. The number of hydrogen-bond acceptors (Lipinski definition) is 3. The second kappa shape index (κ2) is 6.43. The molecule has 0 radical (unpaired) electrons. The number of nitrogens with zero attached hydrogens (tertiary/aromatic N) is 1. The first-order valence-electron chi connectivity index (χ1n) is 6.60. The molecule has 3 nitrogen and oxygen atoms in total. The fourth-order valence-corrected chi connectivity index (χ4v) is 2.69. The maximum Gasteiger partial charge on any atom is 0.137 e. The fraction of sp³-hybridized carbons (Fsp3) is 0.714. The van der Waals surface area contributed by atoms with Gasteiger partial charge >= 0.3 is 0 Å². The van der Waals surface area contributed by atoms with E-state index in [1.54, 1.807) is 0 Å². The molecule has 0 saturated heterocycles. The highest BCUT2D eigenvalue weighted by Gasteiger charge is 2.20. The van der Waals surface area contributed by atoms with Gasteiger partial charge in [0.15, 0.2) is 0 Å². The van der Waals surface area contributed by atoms with Gasteiger partial charge in [-0.15, -0.1) is 0 Å². The topological polar surface area (TPSA) is 37.9 Å². The van der Waals surface area contributed by atoms with Crippen LogP contribution in [0.25, 0.3) is 0 Å². The molecule has 102 valence electrons. The molecule has 1 unspecified atom stereocenters. The minimum absolute atomic E-state index is 0.0170. The maximum atomic E-state index is 5.76. The maximum absolute atomic E-state index is 5.76. The van der Waals surface area contributed by atoms with Gasteiger partial charge in [0.25, 0.3) is 0 Å². The molecular formula is C14H24N2OS. The number of rotatable bonds is 5. The Bertz CT molecular complexity index is 452. The van der Waals surface area contributed by atoms with E-state index in [-0.39, 0.29) is 6.10 Å². The van der Waals surface area contributed by atoms with Crippen molar-refractivity contribution in [3.05, 3.63) is 21.7 Å². The second-order valence-electron chi connectivity index (χ2n) is 5.24. The molecular weight excluding hydrogens is 244 g/mol. The van der Waals surface area contributed by atoms with Crippen LogP contribution in [0.4, 0.5) is 0 Å². The van der Waals surface area contributed by atoms with E-state index < -0.39 is 0 Å². The molecule has 0 bridgehead atoms. The first kappa shape index (κ1) is 15.3. The van der Waals surface area contributed by atoms with Gasteiger partial charge in [-0.3, -0.25) is 0 Å². The minimum Gasteiger partial charge on any atom is -0.370 e. The summed E-state index contributed by atoms with van der Waals surface area (Å²) in [5.74, 6) is 1.60. The molecule has 1 N–H and O–H groups in total. The van der Waals surface area contributed by atoms with Gasteiger partial charge in [-0.1, -0.05) is 39.9 Å². The lowest BCUT2D eigenvalue weighted by molar-refractivity contribution is 0.0229. The quantitative estimate of drug-likeness (QED) is 0.809. The second-order valence-corrected chi connectivity index (χ2v) is 5.63. The van der Waals surface area contributed by atoms with E-state index in [1.165, 1.54) is 0 Å². The highest BCUT2D eigenvalue weighted by atomic mass is 32.1. The molecule has 0 amide bonds. The van der Waals surface area contributed by atoms with Crippen LogP contribution in [0.15, 0.2) is 0 Å². The Morgan fingerprint density at radius 3 is 2.28 bits per heavy atom. The van der Waals surface area contributed by atoms with Gasteiger partial charge in [-0.05, 0) is 25.7 Å². The van der Waals surface area contributed by atoms with Crippen LogP contribution in [0, 0.1) is 17.5 Å². The Labute approximate surface area is 115 Å². The molecule has 0 aliphatic rings. The van der Waals surface area contributed by atoms with Gasteiger partial charge in [0.2, 0.25) is 0 Å². The molecule has 1 atom stereocenters. The van der Waals surface area contributed by atoms with Crippen molar-refractivity contribution in [3.63, 3.8) is 0 Å². The number of nitrogens with one attached hydrogen (secondary N) is 1. The standard InChI is InChI=1S/C14H24N2OS/c1-7-17-12(9(4)5)13-15-10(6)11(8(2)3)14(18)16-13/h8-9,12H,7H2,1-6H3,(H,15,16,18). The Morgan fingerprint density at radius 1 is 1.28 bits per heavy atom.